The number of esters is 1. The molecule has 2 nitrogen and oxygen atoms in total. The van der Waals surface area contributed by atoms with E-state index in [9.17, 15) is 4.79 Å². The fourth-order valence-electron chi connectivity index (χ4n) is 3.21. The van der Waals surface area contributed by atoms with Gasteiger partial charge in [-0.25, -0.2) is 0 Å². The largest absolute Gasteiger partial charge is 0.426 e. The van der Waals surface area contributed by atoms with Crippen LogP contribution in [-0.2, 0) is 11.2 Å². The smallest absolute Gasteiger partial charge is 0.319 e. The molecule has 3 aromatic carbocycles. The van der Waals surface area contributed by atoms with Gasteiger partial charge in [-0.1, -0.05) is 80.0 Å². The SMILES string of the molecule is CC(C)c1cc(Cl)ccc1C(Cc1ccccc1)C(=O)Oc1ccccc1. The Balaban J connectivity index is 1.98. The van der Waals surface area contributed by atoms with Crippen molar-refractivity contribution in [2.75, 3.05) is 0 Å². The van der Waals surface area contributed by atoms with Crippen LogP contribution in [0.5, 0.6) is 5.75 Å². The lowest BCUT2D eigenvalue weighted by Crippen LogP contribution is -2.22. The zero-order valence-corrected chi connectivity index (χ0v) is 16.3. The number of carbonyl (C=O) groups is 1. The van der Waals surface area contributed by atoms with E-state index >= 15 is 0 Å². The quantitative estimate of drug-likeness (QED) is 0.366. The maximum absolute atomic E-state index is 13.1. The number of ether oxygens (including phenoxy) is 1. The van der Waals surface area contributed by atoms with Gasteiger partial charge in [0.2, 0.25) is 0 Å². The summed E-state index contributed by atoms with van der Waals surface area (Å²) < 4.78 is 5.70. The number of rotatable bonds is 6. The highest BCUT2D eigenvalue weighted by atomic mass is 35.5. The first-order valence-electron chi connectivity index (χ1n) is 9.14. The Labute approximate surface area is 165 Å². The van der Waals surface area contributed by atoms with Crippen molar-refractivity contribution in [1.29, 1.82) is 0 Å². The summed E-state index contributed by atoms with van der Waals surface area (Å²) in [4.78, 5) is 13.1. The van der Waals surface area contributed by atoms with Gasteiger partial charge in [0.25, 0.3) is 0 Å². The van der Waals surface area contributed by atoms with Crippen LogP contribution in [-0.4, -0.2) is 5.97 Å². The van der Waals surface area contributed by atoms with Gasteiger partial charge in [-0.05, 0) is 53.3 Å². The predicted octanol–water partition coefficient (Wildman–Crippen LogP) is 6.40. The number of halogens is 1. The van der Waals surface area contributed by atoms with E-state index in [1.807, 2.05) is 66.7 Å². The van der Waals surface area contributed by atoms with E-state index in [4.69, 9.17) is 16.3 Å². The average Bonchev–Trinajstić information content (AvgIpc) is 2.68. The molecule has 0 saturated heterocycles. The third-order valence-corrected chi connectivity index (χ3v) is 4.81. The van der Waals surface area contributed by atoms with Gasteiger partial charge in [-0.3, -0.25) is 4.79 Å². The number of para-hydroxylation sites is 1. The van der Waals surface area contributed by atoms with Crippen molar-refractivity contribution >= 4 is 17.6 Å². The fourth-order valence-corrected chi connectivity index (χ4v) is 3.39. The molecule has 27 heavy (non-hydrogen) atoms. The molecule has 0 fully saturated rings. The van der Waals surface area contributed by atoms with E-state index in [2.05, 4.69) is 13.8 Å². The molecule has 0 heterocycles. The van der Waals surface area contributed by atoms with Crippen LogP contribution in [0.25, 0.3) is 0 Å². The Morgan fingerprint density at radius 2 is 1.52 bits per heavy atom. The molecule has 0 aliphatic heterocycles. The van der Waals surface area contributed by atoms with Gasteiger partial charge in [0, 0.05) is 5.02 Å². The first-order chi connectivity index (χ1) is 13.0. The normalized spacial score (nSPS) is 12.0. The molecule has 0 aliphatic carbocycles. The lowest BCUT2D eigenvalue weighted by Gasteiger charge is -2.21. The Kier molecular flexibility index (Phi) is 6.31. The predicted molar refractivity (Wildman–Crippen MR) is 111 cm³/mol. The summed E-state index contributed by atoms with van der Waals surface area (Å²) in [6.45, 7) is 4.22. The fraction of sp³-hybridized carbons (Fsp3) is 0.208. The Morgan fingerprint density at radius 1 is 0.889 bits per heavy atom. The van der Waals surface area contributed by atoms with E-state index in [1.54, 1.807) is 12.1 Å². The molecule has 3 rings (SSSR count). The van der Waals surface area contributed by atoms with Crippen LogP contribution >= 0.6 is 11.6 Å². The highest BCUT2D eigenvalue weighted by molar-refractivity contribution is 6.30. The minimum Gasteiger partial charge on any atom is -0.426 e. The second-order valence-electron chi connectivity index (χ2n) is 6.90. The summed E-state index contributed by atoms with van der Waals surface area (Å²) in [5, 5.41) is 0.678. The lowest BCUT2D eigenvalue weighted by atomic mass is 9.85. The summed E-state index contributed by atoms with van der Waals surface area (Å²) in [6, 6.07) is 25.0. The number of benzene rings is 3. The summed E-state index contributed by atoms with van der Waals surface area (Å²) in [7, 11) is 0. The van der Waals surface area contributed by atoms with Crippen molar-refractivity contribution in [1.82, 2.24) is 0 Å². The molecule has 0 aromatic heterocycles. The van der Waals surface area contributed by atoms with Crippen molar-refractivity contribution in [3.63, 3.8) is 0 Å². The highest BCUT2D eigenvalue weighted by Crippen LogP contribution is 2.32. The van der Waals surface area contributed by atoms with Gasteiger partial charge in [-0.2, -0.15) is 0 Å². The molecular formula is C24H23ClO2. The van der Waals surface area contributed by atoms with Crippen molar-refractivity contribution < 1.29 is 9.53 Å². The second kappa shape index (κ2) is 8.88. The average molecular weight is 379 g/mol. The van der Waals surface area contributed by atoms with Crippen LogP contribution in [0.1, 0.15) is 42.4 Å². The summed E-state index contributed by atoms with van der Waals surface area (Å²) in [6.07, 6.45) is 0.577. The monoisotopic (exact) mass is 378 g/mol. The van der Waals surface area contributed by atoms with Gasteiger partial charge in [0.05, 0.1) is 5.92 Å². The Hall–Kier alpha value is -2.58. The van der Waals surface area contributed by atoms with Crippen LogP contribution in [0, 0.1) is 0 Å². The van der Waals surface area contributed by atoms with Gasteiger partial charge >= 0.3 is 5.97 Å². The van der Waals surface area contributed by atoms with Crippen LogP contribution in [0.4, 0.5) is 0 Å². The van der Waals surface area contributed by atoms with Gasteiger partial charge in [-0.15, -0.1) is 0 Å². The first-order valence-corrected chi connectivity index (χ1v) is 9.52. The molecule has 3 aromatic rings. The van der Waals surface area contributed by atoms with Crippen molar-refractivity contribution in [2.45, 2.75) is 32.1 Å². The first kappa shape index (κ1) is 19.2. The topological polar surface area (TPSA) is 26.3 Å². The molecule has 138 valence electrons. The maximum Gasteiger partial charge on any atom is 0.319 e. The second-order valence-corrected chi connectivity index (χ2v) is 7.34. The molecule has 1 unspecified atom stereocenters. The van der Waals surface area contributed by atoms with Crippen LogP contribution in [0.3, 0.4) is 0 Å². The van der Waals surface area contributed by atoms with Crippen LogP contribution in [0.15, 0.2) is 78.9 Å². The lowest BCUT2D eigenvalue weighted by molar-refractivity contribution is -0.136. The molecule has 0 spiro atoms. The highest BCUT2D eigenvalue weighted by Gasteiger charge is 2.26. The Morgan fingerprint density at radius 3 is 2.15 bits per heavy atom. The zero-order chi connectivity index (χ0) is 19.2. The van der Waals surface area contributed by atoms with E-state index in [0.717, 1.165) is 16.7 Å². The molecule has 0 saturated carbocycles. The maximum atomic E-state index is 13.1. The molecule has 0 aliphatic rings. The van der Waals surface area contributed by atoms with Crippen molar-refractivity contribution in [3.8, 4) is 5.75 Å². The summed E-state index contributed by atoms with van der Waals surface area (Å²) in [5.74, 6) is 0.152. The van der Waals surface area contributed by atoms with Gasteiger partial charge in [0.1, 0.15) is 5.75 Å². The van der Waals surface area contributed by atoms with Gasteiger partial charge in [0.15, 0.2) is 0 Å². The van der Waals surface area contributed by atoms with Crippen molar-refractivity contribution in [3.05, 3.63) is 101 Å². The summed E-state index contributed by atoms with van der Waals surface area (Å²) >= 11 is 6.22. The third kappa shape index (κ3) is 4.99. The molecule has 3 heteroatoms. The Bertz CT molecular complexity index is 889. The zero-order valence-electron chi connectivity index (χ0n) is 15.6. The molecule has 0 N–H and O–H groups in total. The minimum atomic E-state index is -0.401. The van der Waals surface area contributed by atoms with Crippen molar-refractivity contribution in [2.24, 2.45) is 0 Å². The number of carbonyl (C=O) groups excluding carboxylic acids is 1. The molecular weight excluding hydrogens is 356 g/mol. The standard InChI is InChI=1S/C24H23ClO2/c1-17(2)22-16-19(25)13-14-21(22)23(15-18-9-5-3-6-10-18)24(26)27-20-11-7-4-8-12-20/h3-14,16-17,23H,15H2,1-2H3. The summed E-state index contributed by atoms with van der Waals surface area (Å²) in [5.41, 5.74) is 3.14. The molecule has 0 radical (unpaired) electrons. The molecule has 0 amide bonds. The van der Waals surface area contributed by atoms with Crippen LogP contribution < -0.4 is 4.74 Å². The molecule has 1 atom stereocenters. The van der Waals surface area contributed by atoms with E-state index in [0.29, 0.717) is 17.2 Å². The number of hydrogen-bond acceptors (Lipinski definition) is 2. The van der Waals surface area contributed by atoms with E-state index < -0.39 is 5.92 Å². The third-order valence-electron chi connectivity index (χ3n) is 4.58. The molecule has 0 bridgehead atoms. The van der Waals surface area contributed by atoms with Crippen LogP contribution in [0.2, 0.25) is 5.02 Å². The number of hydrogen-bond donors (Lipinski definition) is 0. The minimum absolute atomic E-state index is 0.251. The van der Waals surface area contributed by atoms with E-state index in [1.165, 1.54) is 0 Å². The van der Waals surface area contributed by atoms with Gasteiger partial charge < -0.3 is 4.74 Å². The van der Waals surface area contributed by atoms with E-state index in [-0.39, 0.29) is 11.9 Å².